The first-order chi connectivity index (χ1) is 13.7. The van der Waals surface area contributed by atoms with Gasteiger partial charge < -0.3 is 15.4 Å². The molecule has 9 heteroatoms. The van der Waals surface area contributed by atoms with Gasteiger partial charge in [0.2, 0.25) is 0 Å². The fourth-order valence-corrected chi connectivity index (χ4v) is 3.14. The molecule has 2 N–H and O–H groups in total. The van der Waals surface area contributed by atoms with Crippen LogP contribution in [0.1, 0.15) is 19.4 Å². The molecule has 2 aromatic carbocycles. The number of sulfone groups is 1. The van der Waals surface area contributed by atoms with E-state index in [0.29, 0.717) is 17.5 Å². The van der Waals surface area contributed by atoms with Gasteiger partial charge in [0.1, 0.15) is 15.6 Å². The summed E-state index contributed by atoms with van der Waals surface area (Å²) < 4.78 is 28.4. The third-order valence-corrected chi connectivity index (χ3v) is 4.98. The van der Waals surface area contributed by atoms with Gasteiger partial charge in [-0.2, -0.15) is 0 Å². The summed E-state index contributed by atoms with van der Waals surface area (Å²) in [6, 6.07) is 15.2. The van der Waals surface area contributed by atoms with Crippen molar-refractivity contribution in [1.29, 1.82) is 0 Å². The number of nitrogens with one attached hydrogen (secondary N) is 2. The Bertz CT molecular complexity index is 919. The molecular formula is C21H29ClIN3O3S. The number of anilines is 1. The third kappa shape index (κ3) is 11.0. The zero-order valence-electron chi connectivity index (χ0n) is 17.4. The molecule has 2 aromatic rings. The van der Waals surface area contributed by atoms with Gasteiger partial charge in [0.15, 0.2) is 5.96 Å². The van der Waals surface area contributed by atoms with E-state index in [1.54, 1.807) is 0 Å². The van der Waals surface area contributed by atoms with Crippen LogP contribution in [0.25, 0.3) is 0 Å². The number of aliphatic imine (C=N–C) groups is 1. The molecule has 6 nitrogen and oxygen atoms in total. The zero-order chi connectivity index (χ0) is 21.3. The minimum absolute atomic E-state index is 0. The molecule has 0 saturated carbocycles. The predicted octanol–water partition coefficient (Wildman–Crippen LogP) is 4.39. The lowest BCUT2D eigenvalue weighted by molar-refractivity contribution is 0.242. The summed E-state index contributed by atoms with van der Waals surface area (Å²) in [5, 5.41) is 7.15. The highest BCUT2D eigenvalue weighted by Gasteiger charge is 2.05. The largest absolute Gasteiger partial charge is 0.491 e. The van der Waals surface area contributed by atoms with E-state index in [9.17, 15) is 8.42 Å². The van der Waals surface area contributed by atoms with E-state index in [0.717, 1.165) is 23.4 Å². The van der Waals surface area contributed by atoms with Crippen molar-refractivity contribution in [3.8, 4) is 5.75 Å². The zero-order valence-corrected chi connectivity index (χ0v) is 21.3. The lowest BCUT2D eigenvalue weighted by atomic mass is 10.1. The van der Waals surface area contributed by atoms with Gasteiger partial charge in [-0.3, -0.25) is 4.99 Å². The SMILES string of the molecule is CC(C)Oc1ccc(NC(=NCCS(C)(=O)=O)NCCc2cccc(Cl)c2)cc1.I. The predicted molar refractivity (Wildman–Crippen MR) is 136 cm³/mol. The van der Waals surface area contributed by atoms with Crippen LogP contribution >= 0.6 is 35.6 Å². The molecule has 0 aromatic heterocycles. The van der Waals surface area contributed by atoms with Gasteiger partial charge in [-0.15, -0.1) is 24.0 Å². The summed E-state index contributed by atoms with van der Waals surface area (Å²) in [7, 11) is -3.07. The fourth-order valence-electron chi connectivity index (χ4n) is 2.51. The molecule has 0 aliphatic carbocycles. The third-order valence-electron chi connectivity index (χ3n) is 3.82. The molecule has 0 radical (unpaired) electrons. The Hall–Kier alpha value is -1.52. The Labute approximate surface area is 201 Å². The van der Waals surface area contributed by atoms with E-state index in [4.69, 9.17) is 16.3 Å². The maximum absolute atomic E-state index is 11.4. The first-order valence-corrected chi connectivity index (χ1v) is 11.9. The van der Waals surface area contributed by atoms with Crippen LogP contribution in [0.4, 0.5) is 5.69 Å². The molecular weight excluding hydrogens is 537 g/mol. The standard InChI is InChI=1S/C21H28ClN3O3S.HI/c1-16(2)28-20-9-7-19(8-10-20)25-21(24-13-14-29(3,26)27)23-12-11-17-5-4-6-18(22)15-17;/h4-10,15-16H,11-14H2,1-3H3,(H2,23,24,25);1H. The van der Waals surface area contributed by atoms with Gasteiger partial charge in [0, 0.05) is 23.5 Å². The van der Waals surface area contributed by atoms with Gasteiger partial charge in [-0.05, 0) is 62.2 Å². The summed E-state index contributed by atoms with van der Waals surface area (Å²) >= 11 is 6.03. The first-order valence-electron chi connectivity index (χ1n) is 9.45. The average Bonchev–Trinajstić information content (AvgIpc) is 2.62. The Morgan fingerprint density at radius 2 is 1.87 bits per heavy atom. The van der Waals surface area contributed by atoms with Crippen molar-refractivity contribution >= 4 is 57.1 Å². The van der Waals surface area contributed by atoms with E-state index in [-0.39, 0.29) is 42.4 Å². The van der Waals surface area contributed by atoms with E-state index in [2.05, 4.69) is 15.6 Å². The summed E-state index contributed by atoms with van der Waals surface area (Å²) in [4.78, 5) is 4.38. The van der Waals surface area contributed by atoms with E-state index in [1.807, 2.05) is 62.4 Å². The highest BCUT2D eigenvalue weighted by Crippen LogP contribution is 2.17. The summed E-state index contributed by atoms with van der Waals surface area (Å²) in [5.41, 5.74) is 1.94. The van der Waals surface area contributed by atoms with Gasteiger partial charge in [-0.1, -0.05) is 23.7 Å². The Morgan fingerprint density at radius 1 is 1.17 bits per heavy atom. The number of ether oxygens (including phenoxy) is 1. The van der Waals surface area contributed by atoms with Crippen molar-refractivity contribution in [3.05, 3.63) is 59.1 Å². The molecule has 0 atom stereocenters. The topological polar surface area (TPSA) is 79.8 Å². The molecule has 0 amide bonds. The molecule has 0 saturated heterocycles. The Kier molecular flexibility index (Phi) is 11.5. The fraction of sp³-hybridized carbons (Fsp3) is 0.381. The minimum Gasteiger partial charge on any atom is -0.491 e. The van der Waals surface area contributed by atoms with Gasteiger partial charge in [0.25, 0.3) is 0 Å². The molecule has 0 aliphatic heterocycles. The minimum atomic E-state index is -3.07. The number of guanidine groups is 1. The Morgan fingerprint density at radius 3 is 2.47 bits per heavy atom. The molecule has 0 aliphatic rings. The highest BCUT2D eigenvalue weighted by atomic mass is 127. The normalized spacial score (nSPS) is 11.7. The lowest BCUT2D eigenvalue weighted by Crippen LogP contribution is -2.33. The van der Waals surface area contributed by atoms with Crippen LogP contribution in [0.2, 0.25) is 5.02 Å². The monoisotopic (exact) mass is 565 g/mol. The van der Waals surface area contributed by atoms with Crippen molar-refractivity contribution in [2.75, 3.05) is 30.4 Å². The average molecular weight is 566 g/mol. The number of hydrogen-bond acceptors (Lipinski definition) is 4. The second-order valence-electron chi connectivity index (χ2n) is 6.98. The highest BCUT2D eigenvalue weighted by molar-refractivity contribution is 14.0. The second kappa shape index (κ2) is 13.0. The number of nitrogens with zero attached hydrogens (tertiary/aromatic N) is 1. The van der Waals surface area contributed by atoms with Crippen LogP contribution in [0.5, 0.6) is 5.75 Å². The lowest BCUT2D eigenvalue weighted by Gasteiger charge is -2.14. The molecule has 166 valence electrons. The van der Waals surface area contributed by atoms with Crippen molar-refractivity contribution in [2.45, 2.75) is 26.4 Å². The molecule has 0 fully saturated rings. The van der Waals surface area contributed by atoms with Crippen molar-refractivity contribution in [3.63, 3.8) is 0 Å². The van der Waals surface area contributed by atoms with Crippen molar-refractivity contribution < 1.29 is 13.2 Å². The van der Waals surface area contributed by atoms with Crippen LogP contribution in [0, 0.1) is 0 Å². The van der Waals surface area contributed by atoms with Crippen LogP contribution in [0.15, 0.2) is 53.5 Å². The van der Waals surface area contributed by atoms with Gasteiger partial charge in [0.05, 0.1) is 18.4 Å². The van der Waals surface area contributed by atoms with Crippen molar-refractivity contribution in [2.24, 2.45) is 4.99 Å². The van der Waals surface area contributed by atoms with Gasteiger partial charge >= 0.3 is 0 Å². The molecule has 0 bridgehead atoms. The number of benzene rings is 2. The van der Waals surface area contributed by atoms with E-state index >= 15 is 0 Å². The number of hydrogen-bond donors (Lipinski definition) is 2. The van der Waals surface area contributed by atoms with Gasteiger partial charge in [-0.25, -0.2) is 8.42 Å². The van der Waals surface area contributed by atoms with Crippen LogP contribution in [0.3, 0.4) is 0 Å². The molecule has 2 rings (SSSR count). The van der Waals surface area contributed by atoms with E-state index in [1.165, 1.54) is 6.26 Å². The van der Waals surface area contributed by atoms with Crippen LogP contribution in [-0.4, -0.2) is 45.6 Å². The van der Waals surface area contributed by atoms with Crippen LogP contribution in [-0.2, 0) is 16.3 Å². The smallest absolute Gasteiger partial charge is 0.195 e. The quantitative estimate of drug-likeness (QED) is 0.268. The molecule has 30 heavy (non-hydrogen) atoms. The second-order valence-corrected chi connectivity index (χ2v) is 9.68. The summed E-state index contributed by atoms with van der Waals surface area (Å²) in [5.74, 6) is 1.30. The molecule has 0 spiro atoms. The number of halogens is 2. The number of rotatable bonds is 9. The first kappa shape index (κ1) is 26.5. The summed E-state index contributed by atoms with van der Waals surface area (Å²) in [6.07, 6.45) is 2.07. The molecule has 0 heterocycles. The Balaban J connectivity index is 0.00000450. The molecule has 0 unspecified atom stereocenters. The van der Waals surface area contributed by atoms with E-state index < -0.39 is 9.84 Å². The maximum Gasteiger partial charge on any atom is 0.195 e. The van der Waals surface area contributed by atoms with Crippen LogP contribution < -0.4 is 15.4 Å². The summed E-state index contributed by atoms with van der Waals surface area (Å²) in [6.45, 7) is 4.75. The maximum atomic E-state index is 11.4. The van der Waals surface area contributed by atoms with Crippen molar-refractivity contribution in [1.82, 2.24) is 5.32 Å².